The Kier molecular flexibility index (Phi) is 3.38. The van der Waals surface area contributed by atoms with Gasteiger partial charge >= 0.3 is 5.69 Å². The molecule has 98 valence electrons. The van der Waals surface area contributed by atoms with Crippen molar-refractivity contribution < 1.29 is 0 Å². The third-order valence-electron chi connectivity index (χ3n) is 3.47. The molecule has 1 aromatic heterocycles. The average Bonchev–Trinajstić information content (AvgIpc) is 2.53. The number of aromatic nitrogens is 2. The fourth-order valence-corrected chi connectivity index (χ4v) is 2.75. The van der Waals surface area contributed by atoms with Crippen LogP contribution in [-0.2, 0) is 14.1 Å². The van der Waals surface area contributed by atoms with Gasteiger partial charge in [-0.3, -0.25) is 9.13 Å². The number of rotatable bonds is 2. The van der Waals surface area contributed by atoms with Crippen molar-refractivity contribution in [2.45, 2.75) is 19.9 Å². The van der Waals surface area contributed by atoms with Crippen molar-refractivity contribution in [3.05, 3.63) is 32.7 Å². The van der Waals surface area contributed by atoms with Crippen LogP contribution in [0.25, 0.3) is 11.0 Å². The number of fused-ring (bicyclic) bond motifs is 1. The molecule has 0 fully saturated rings. The Labute approximate surface area is 115 Å². The Bertz CT molecular complexity index is 654. The number of aryl methyl sites for hydroxylation is 2. The van der Waals surface area contributed by atoms with Crippen LogP contribution in [0.4, 0.5) is 0 Å². The van der Waals surface area contributed by atoms with E-state index < -0.39 is 0 Å². The monoisotopic (exact) mass is 311 g/mol. The molecule has 18 heavy (non-hydrogen) atoms. The number of benzene rings is 1. The molecule has 5 heteroatoms. The van der Waals surface area contributed by atoms with E-state index in [2.05, 4.69) is 29.8 Å². The van der Waals surface area contributed by atoms with Crippen molar-refractivity contribution in [1.82, 2.24) is 9.13 Å². The van der Waals surface area contributed by atoms with Crippen LogP contribution < -0.4 is 11.4 Å². The van der Waals surface area contributed by atoms with Gasteiger partial charge in [0.2, 0.25) is 0 Å². The van der Waals surface area contributed by atoms with Crippen molar-refractivity contribution >= 4 is 27.0 Å². The molecule has 2 aromatic rings. The molecule has 0 bridgehead atoms. The maximum absolute atomic E-state index is 11.9. The van der Waals surface area contributed by atoms with E-state index in [1.54, 1.807) is 23.2 Å². The minimum absolute atomic E-state index is 0.0211. The van der Waals surface area contributed by atoms with E-state index in [1.807, 2.05) is 12.1 Å². The highest BCUT2D eigenvalue weighted by atomic mass is 79.9. The SMILES string of the molecule is CC(C)C(N)c1cc2c(cc1Br)n(C)c(=O)n2C. The minimum atomic E-state index is -0.0425. The lowest BCUT2D eigenvalue weighted by Crippen LogP contribution is -2.19. The molecule has 4 nitrogen and oxygen atoms in total. The first-order valence-corrected chi connectivity index (χ1v) is 6.74. The Hall–Kier alpha value is -1.07. The molecular formula is C13H18BrN3O. The van der Waals surface area contributed by atoms with Gasteiger partial charge in [-0.05, 0) is 23.6 Å². The van der Waals surface area contributed by atoms with Gasteiger partial charge in [-0.2, -0.15) is 0 Å². The number of halogens is 1. The van der Waals surface area contributed by atoms with Crippen molar-refractivity contribution in [3.8, 4) is 0 Å². The lowest BCUT2D eigenvalue weighted by molar-refractivity contribution is 0.513. The second kappa shape index (κ2) is 4.55. The summed E-state index contributed by atoms with van der Waals surface area (Å²) in [5, 5.41) is 0. The van der Waals surface area contributed by atoms with Gasteiger partial charge in [0, 0.05) is 24.6 Å². The highest BCUT2D eigenvalue weighted by molar-refractivity contribution is 9.10. The summed E-state index contributed by atoms with van der Waals surface area (Å²) >= 11 is 3.55. The van der Waals surface area contributed by atoms with Crippen LogP contribution in [0.1, 0.15) is 25.5 Å². The van der Waals surface area contributed by atoms with E-state index in [4.69, 9.17) is 5.73 Å². The second-order valence-corrected chi connectivity index (χ2v) is 5.89. The van der Waals surface area contributed by atoms with Gasteiger partial charge in [0.05, 0.1) is 11.0 Å². The van der Waals surface area contributed by atoms with Gasteiger partial charge in [0.15, 0.2) is 0 Å². The molecule has 0 amide bonds. The third kappa shape index (κ3) is 1.91. The van der Waals surface area contributed by atoms with E-state index in [0.29, 0.717) is 5.92 Å². The standard InChI is InChI=1S/C13H18BrN3O/c1-7(2)12(15)8-5-10-11(6-9(8)14)17(4)13(18)16(10)3/h5-7,12H,15H2,1-4H3. The fourth-order valence-electron chi connectivity index (χ4n) is 2.15. The Balaban J connectivity index is 2.77. The zero-order chi connectivity index (χ0) is 13.6. The lowest BCUT2D eigenvalue weighted by Gasteiger charge is -2.18. The van der Waals surface area contributed by atoms with Crippen LogP contribution in [-0.4, -0.2) is 9.13 Å². The molecule has 0 aliphatic rings. The number of nitrogens with two attached hydrogens (primary N) is 1. The van der Waals surface area contributed by atoms with Gasteiger partial charge in [-0.25, -0.2) is 4.79 Å². The van der Waals surface area contributed by atoms with Crippen molar-refractivity contribution in [1.29, 1.82) is 0 Å². The first kappa shape index (κ1) is 13.4. The summed E-state index contributed by atoms with van der Waals surface area (Å²) in [6.45, 7) is 4.18. The van der Waals surface area contributed by atoms with Crippen molar-refractivity contribution in [3.63, 3.8) is 0 Å². The fraction of sp³-hybridized carbons (Fsp3) is 0.462. The summed E-state index contributed by atoms with van der Waals surface area (Å²) in [7, 11) is 3.56. The molecule has 1 aromatic carbocycles. The highest BCUT2D eigenvalue weighted by Gasteiger charge is 2.17. The molecule has 0 aliphatic carbocycles. The second-order valence-electron chi connectivity index (χ2n) is 5.03. The highest BCUT2D eigenvalue weighted by Crippen LogP contribution is 2.30. The largest absolute Gasteiger partial charge is 0.328 e. The zero-order valence-corrected chi connectivity index (χ0v) is 12.7. The predicted octanol–water partition coefficient (Wildman–Crippen LogP) is 2.30. The quantitative estimate of drug-likeness (QED) is 0.925. The Morgan fingerprint density at radius 2 is 1.67 bits per heavy atom. The molecule has 0 aliphatic heterocycles. The van der Waals surface area contributed by atoms with E-state index in [0.717, 1.165) is 21.1 Å². The normalized spacial score (nSPS) is 13.5. The Morgan fingerprint density at radius 1 is 1.17 bits per heavy atom. The minimum Gasteiger partial charge on any atom is -0.324 e. The average molecular weight is 312 g/mol. The van der Waals surface area contributed by atoms with Gasteiger partial charge in [0.1, 0.15) is 0 Å². The van der Waals surface area contributed by atoms with Crippen LogP contribution in [0.5, 0.6) is 0 Å². The summed E-state index contributed by atoms with van der Waals surface area (Å²) in [4.78, 5) is 11.9. The summed E-state index contributed by atoms with van der Waals surface area (Å²) in [6.07, 6.45) is 0. The number of nitrogens with zero attached hydrogens (tertiary/aromatic N) is 2. The molecular weight excluding hydrogens is 294 g/mol. The molecule has 0 radical (unpaired) electrons. The van der Waals surface area contributed by atoms with Crippen LogP contribution in [0.15, 0.2) is 21.4 Å². The van der Waals surface area contributed by atoms with Gasteiger partial charge < -0.3 is 5.73 Å². The van der Waals surface area contributed by atoms with Gasteiger partial charge in [0.25, 0.3) is 0 Å². The molecule has 1 atom stereocenters. The molecule has 2 rings (SSSR count). The van der Waals surface area contributed by atoms with E-state index in [1.165, 1.54) is 0 Å². The van der Waals surface area contributed by atoms with Crippen LogP contribution in [0.2, 0.25) is 0 Å². The topological polar surface area (TPSA) is 52.9 Å². The number of imidazole rings is 1. The summed E-state index contributed by atoms with van der Waals surface area (Å²) in [5.41, 5.74) is 9.04. The van der Waals surface area contributed by atoms with Crippen LogP contribution >= 0.6 is 15.9 Å². The van der Waals surface area contributed by atoms with Crippen LogP contribution in [0.3, 0.4) is 0 Å². The third-order valence-corrected chi connectivity index (χ3v) is 4.15. The number of hydrogen-bond acceptors (Lipinski definition) is 2. The zero-order valence-electron chi connectivity index (χ0n) is 11.1. The molecule has 0 saturated carbocycles. The van der Waals surface area contributed by atoms with Gasteiger partial charge in [-0.1, -0.05) is 29.8 Å². The summed E-state index contributed by atoms with van der Waals surface area (Å²) in [6, 6.07) is 3.93. The smallest absolute Gasteiger partial charge is 0.324 e. The predicted molar refractivity (Wildman–Crippen MR) is 77.6 cm³/mol. The van der Waals surface area contributed by atoms with Crippen LogP contribution in [0, 0.1) is 5.92 Å². The maximum atomic E-state index is 11.9. The molecule has 1 heterocycles. The lowest BCUT2D eigenvalue weighted by atomic mass is 9.97. The summed E-state index contributed by atoms with van der Waals surface area (Å²) in [5.74, 6) is 0.347. The first-order chi connectivity index (χ1) is 8.34. The molecule has 0 spiro atoms. The van der Waals surface area contributed by atoms with Crippen molar-refractivity contribution in [2.75, 3.05) is 0 Å². The van der Waals surface area contributed by atoms with E-state index in [9.17, 15) is 4.79 Å². The maximum Gasteiger partial charge on any atom is 0.328 e. The first-order valence-electron chi connectivity index (χ1n) is 5.95. The summed E-state index contributed by atoms with van der Waals surface area (Å²) < 4.78 is 4.25. The van der Waals surface area contributed by atoms with E-state index in [-0.39, 0.29) is 11.7 Å². The Morgan fingerprint density at radius 3 is 2.17 bits per heavy atom. The van der Waals surface area contributed by atoms with Gasteiger partial charge in [-0.15, -0.1) is 0 Å². The number of hydrogen-bond donors (Lipinski definition) is 1. The molecule has 1 unspecified atom stereocenters. The van der Waals surface area contributed by atoms with Crippen molar-refractivity contribution in [2.24, 2.45) is 25.7 Å². The molecule has 2 N–H and O–H groups in total. The molecule has 0 saturated heterocycles. The van der Waals surface area contributed by atoms with E-state index >= 15 is 0 Å².